The Morgan fingerprint density at radius 3 is 3.10 bits per heavy atom. The van der Waals surface area contributed by atoms with Crippen LogP contribution in [0.5, 0.6) is 0 Å². The second kappa shape index (κ2) is 1.84. The van der Waals surface area contributed by atoms with Gasteiger partial charge in [0.05, 0.1) is 8.30 Å². The zero-order valence-corrected chi connectivity index (χ0v) is 5.13. The highest BCUT2D eigenvalue weighted by Gasteiger charge is 2.18. The van der Waals surface area contributed by atoms with Gasteiger partial charge in [0.1, 0.15) is 6.56 Å². The minimum atomic E-state index is -1.95. The average Bonchev–Trinajstić information content (AvgIpc) is 2.25. The molecule has 1 heterocycles. The fourth-order valence-electron chi connectivity index (χ4n) is 0.906. The highest BCUT2D eigenvalue weighted by atomic mass is 16.5. The number of hydrogen-bond acceptors (Lipinski definition) is 2. The molecular formula is C8H6O2. The Kier molecular flexibility index (Phi) is 0.691. The average molecular weight is 136 g/mol. The SMILES string of the molecule is [2H]C1([2H])OC(=O)c2ccccc21. The molecule has 10 heavy (non-hydrogen) atoms. The van der Waals surface area contributed by atoms with Crippen molar-refractivity contribution in [3.63, 3.8) is 0 Å². The molecule has 0 unspecified atom stereocenters. The van der Waals surface area contributed by atoms with Crippen LogP contribution in [0.25, 0.3) is 0 Å². The number of benzene rings is 1. The van der Waals surface area contributed by atoms with Crippen LogP contribution in [0.4, 0.5) is 0 Å². The molecule has 1 aromatic carbocycles. The molecule has 0 radical (unpaired) electrons. The minimum Gasteiger partial charge on any atom is -0.457 e. The summed E-state index contributed by atoms with van der Waals surface area (Å²) in [5.41, 5.74) is 0.637. The van der Waals surface area contributed by atoms with E-state index in [2.05, 4.69) is 4.74 Å². The molecule has 0 saturated heterocycles. The van der Waals surface area contributed by atoms with Crippen molar-refractivity contribution in [2.24, 2.45) is 0 Å². The first-order valence-corrected chi connectivity index (χ1v) is 2.94. The lowest BCUT2D eigenvalue weighted by atomic mass is 10.1. The predicted molar refractivity (Wildman–Crippen MR) is 35.6 cm³/mol. The summed E-state index contributed by atoms with van der Waals surface area (Å²) in [6, 6.07) is 6.48. The van der Waals surface area contributed by atoms with Crippen molar-refractivity contribution < 1.29 is 12.3 Å². The molecule has 1 aromatic rings. The second-order valence-corrected chi connectivity index (χ2v) is 2.04. The Balaban J connectivity index is 2.66. The Labute approximate surface area is 61.2 Å². The van der Waals surface area contributed by atoms with Crippen molar-refractivity contribution in [3.05, 3.63) is 35.4 Å². The summed E-state index contributed by atoms with van der Waals surface area (Å²) < 4.78 is 19.2. The molecule has 0 atom stereocenters. The van der Waals surface area contributed by atoms with Gasteiger partial charge < -0.3 is 4.74 Å². The third-order valence-electron chi connectivity index (χ3n) is 1.40. The Hall–Kier alpha value is -1.31. The van der Waals surface area contributed by atoms with Crippen LogP contribution in [0, 0.1) is 0 Å². The van der Waals surface area contributed by atoms with Crippen molar-refractivity contribution >= 4 is 5.97 Å². The lowest BCUT2D eigenvalue weighted by molar-refractivity contribution is 0.0535. The second-order valence-electron chi connectivity index (χ2n) is 2.04. The van der Waals surface area contributed by atoms with E-state index in [4.69, 9.17) is 2.74 Å². The summed E-state index contributed by atoms with van der Waals surface area (Å²) in [4.78, 5) is 11.0. The van der Waals surface area contributed by atoms with Crippen molar-refractivity contribution in [3.8, 4) is 0 Å². The molecule has 0 N–H and O–H groups in total. The fourth-order valence-corrected chi connectivity index (χ4v) is 0.906. The van der Waals surface area contributed by atoms with Gasteiger partial charge in [-0.15, -0.1) is 0 Å². The van der Waals surface area contributed by atoms with E-state index in [1.54, 1.807) is 24.3 Å². The molecule has 0 saturated carbocycles. The van der Waals surface area contributed by atoms with E-state index in [9.17, 15) is 4.79 Å². The zero-order valence-electron chi connectivity index (χ0n) is 7.13. The maximum Gasteiger partial charge on any atom is 0.338 e. The van der Waals surface area contributed by atoms with E-state index < -0.39 is 12.5 Å². The number of carbonyl (C=O) groups is 1. The third-order valence-corrected chi connectivity index (χ3v) is 1.40. The first kappa shape index (κ1) is 3.76. The first-order valence-electron chi connectivity index (χ1n) is 3.94. The van der Waals surface area contributed by atoms with E-state index in [1.165, 1.54) is 0 Å². The molecule has 1 aliphatic rings. The number of hydrogen-bond donors (Lipinski definition) is 0. The van der Waals surface area contributed by atoms with E-state index in [0.717, 1.165) is 0 Å². The van der Waals surface area contributed by atoms with E-state index >= 15 is 0 Å². The van der Waals surface area contributed by atoms with Gasteiger partial charge in [-0.25, -0.2) is 4.79 Å². The topological polar surface area (TPSA) is 26.3 Å². The normalized spacial score (nSPS) is 22.6. The molecule has 0 amide bonds. The molecular weight excluding hydrogens is 128 g/mol. The standard InChI is InChI=1S/C8H6O2/c9-8-7-4-2-1-3-6(7)5-10-8/h1-4H,5H2/i5D2. The van der Waals surface area contributed by atoms with Crippen molar-refractivity contribution in [1.82, 2.24) is 0 Å². The number of esters is 1. The monoisotopic (exact) mass is 136 g/mol. The van der Waals surface area contributed by atoms with Crippen LogP contribution in [-0.2, 0) is 11.3 Å². The summed E-state index contributed by atoms with van der Waals surface area (Å²) in [5, 5.41) is 0. The lowest BCUT2D eigenvalue weighted by Crippen LogP contribution is -1.91. The molecule has 0 spiro atoms. The summed E-state index contributed by atoms with van der Waals surface area (Å²) >= 11 is 0. The molecule has 0 bridgehead atoms. The summed E-state index contributed by atoms with van der Waals surface area (Å²) in [6.45, 7) is -1.95. The molecule has 2 heteroatoms. The molecule has 1 aliphatic heterocycles. The van der Waals surface area contributed by atoms with Gasteiger partial charge in [-0.1, -0.05) is 18.2 Å². The predicted octanol–water partition coefficient (Wildman–Crippen LogP) is 1.36. The number of rotatable bonds is 0. The van der Waals surface area contributed by atoms with Crippen LogP contribution >= 0.6 is 0 Å². The van der Waals surface area contributed by atoms with Crippen molar-refractivity contribution in [2.45, 2.75) is 6.56 Å². The van der Waals surface area contributed by atoms with Gasteiger partial charge in [0, 0.05) is 5.56 Å². The van der Waals surface area contributed by atoms with Gasteiger partial charge in [-0.05, 0) is 6.07 Å². The summed E-state index contributed by atoms with van der Waals surface area (Å²) in [6.07, 6.45) is 0. The molecule has 0 aliphatic carbocycles. The largest absolute Gasteiger partial charge is 0.457 e. The molecule has 2 rings (SSSR count). The first-order chi connectivity index (χ1) is 5.61. The van der Waals surface area contributed by atoms with Crippen LogP contribution in [0.3, 0.4) is 0 Å². The highest BCUT2D eigenvalue weighted by molar-refractivity contribution is 5.93. The lowest BCUT2D eigenvalue weighted by Gasteiger charge is -1.87. The van der Waals surface area contributed by atoms with Gasteiger partial charge in [0.2, 0.25) is 0 Å². The van der Waals surface area contributed by atoms with E-state index in [0.29, 0.717) is 11.1 Å². The fraction of sp³-hybridized carbons (Fsp3) is 0.125. The van der Waals surface area contributed by atoms with Gasteiger partial charge in [0.25, 0.3) is 0 Å². The molecule has 0 aromatic heterocycles. The number of carbonyl (C=O) groups excluding carboxylic acids is 1. The molecule has 0 fully saturated rings. The highest BCUT2D eigenvalue weighted by Crippen LogP contribution is 2.17. The van der Waals surface area contributed by atoms with Gasteiger partial charge in [0.15, 0.2) is 0 Å². The Bertz CT molecular complexity index is 347. The van der Waals surface area contributed by atoms with E-state index in [1.807, 2.05) is 0 Å². The zero-order chi connectivity index (χ0) is 8.77. The van der Waals surface area contributed by atoms with Crippen LogP contribution in [-0.4, -0.2) is 5.97 Å². The van der Waals surface area contributed by atoms with Crippen molar-refractivity contribution in [2.75, 3.05) is 0 Å². The number of cyclic esters (lactones) is 1. The summed E-state index contributed by atoms with van der Waals surface area (Å²) in [5.74, 6) is -0.587. The van der Waals surface area contributed by atoms with Gasteiger partial charge >= 0.3 is 5.97 Å². The van der Waals surface area contributed by atoms with Crippen LogP contribution < -0.4 is 0 Å². The van der Waals surface area contributed by atoms with Crippen LogP contribution in [0.2, 0.25) is 0 Å². The van der Waals surface area contributed by atoms with Crippen LogP contribution in [0.1, 0.15) is 18.7 Å². The quantitative estimate of drug-likeness (QED) is 0.503. The smallest absolute Gasteiger partial charge is 0.338 e. The summed E-state index contributed by atoms with van der Waals surface area (Å²) in [7, 11) is 0. The van der Waals surface area contributed by atoms with Gasteiger partial charge in [-0.3, -0.25) is 0 Å². The maximum atomic E-state index is 11.0. The third kappa shape index (κ3) is 0.620. The van der Waals surface area contributed by atoms with Gasteiger partial charge in [-0.2, -0.15) is 0 Å². The molecule has 50 valence electrons. The number of fused-ring (bicyclic) bond motifs is 1. The Morgan fingerprint density at radius 1 is 1.50 bits per heavy atom. The molecule has 2 nitrogen and oxygen atoms in total. The Morgan fingerprint density at radius 2 is 2.30 bits per heavy atom. The van der Waals surface area contributed by atoms with Crippen LogP contribution in [0.15, 0.2) is 24.3 Å². The minimum absolute atomic E-state index is 0.315. The number of ether oxygens (including phenoxy) is 1. The van der Waals surface area contributed by atoms with Crippen molar-refractivity contribution in [1.29, 1.82) is 0 Å². The maximum absolute atomic E-state index is 11.0. The van der Waals surface area contributed by atoms with E-state index in [-0.39, 0.29) is 0 Å².